The molecule has 3 aliphatic heterocycles. The number of nitrogens with zero attached hydrogens (tertiary/aromatic N) is 5. The Balaban J connectivity index is 0.661. The highest BCUT2D eigenvalue weighted by molar-refractivity contribution is 6.23. The third-order valence-corrected chi connectivity index (χ3v) is 13.5. The highest BCUT2D eigenvalue weighted by atomic mass is 19.3. The fraction of sp³-hybridized carbons (Fsp3) is 0.435. The summed E-state index contributed by atoms with van der Waals surface area (Å²) in [6, 6.07) is 12.5. The van der Waals surface area contributed by atoms with Gasteiger partial charge in [-0.25, -0.2) is 9.37 Å². The van der Waals surface area contributed by atoms with Crippen LogP contribution in [0.5, 0.6) is 5.88 Å². The Morgan fingerprint density at radius 1 is 0.770 bits per heavy atom. The van der Waals surface area contributed by atoms with Crippen molar-refractivity contribution in [1.29, 1.82) is 0 Å². The highest BCUT2D eigenvalue weighted by Crippen LogP contribution is 2.40. The van der Waals surface area contributed by atoms with Crippen LogP contribution in [0.1, 0.15) is 103 Å². The van der Waals surface area contributed by atoms with Crippen LogP contribution in [0.4, 0.5) is 13.2 Å². The van der Waals surface area contributed by atoms with Crippen LogP contribution in [-0.2, 0) is 14.3 Å². The lowest BCUT2D eigenvalue weighted by molar-refractivity contribution is -0.136. The van der Waals surface area contributed by atoms with Gasteiger partial charge in [-0.2, -0.15) is 8.78 Å². The van der Waals surface area contributed by atoms with E-state index in [0.29, 0.717) is 50.0 Å². The van der Waals surface area contributed by atoms with E-state index < -0.39 is 42.0 Å². The van der Waals surface area contributed by atoms with Crippen molar-refractivity contribution in [2.75, 3.05) is 19.6 Å². The number of fused-ring (bicyclic) bond motifs is 4. The number of benzene rings is 2. The number of piperidine rings is 2. The molecule has 3 aromatic heterocycles. The summed E-state index contributed by atoms with van der Waals surface area (Å²) in [5.74, 6) is -1.91. The van der Waals surface area contributed by atoms with Gasteiger partial charge in [0.25, 0.3) is 17.7 Å². The number of likely N-dealkylation sites (tertiary alicyclic amines) is 1. The molecule has 2 aliphatic carbocycles. The molecule has 61 heavy (non-hydrogen) atoms. The second-order valence-corrected chi connectivity index (χ2v) is 17.2. The first-order chi connectivity index (χ1) is 29.6. The van der Waals surface area contributed by atoms with Gasteiger partial charge in [0.1, 0.15) is 12.1 Å². The summed E-state index contributed by atoms with van der Waals surface area (Å²) < 4.78 is 57.0. The maximum atomic E-state index is 15.3. The molecule has 2 saturated heterocycles. The smallest absolute Gasteiger partial charge is 0.319 e. The van der Waals surface area contributed by atoms with E-state index in [-0.39, 0.29) is 43.0 Å². The maximum absolute atomic E-state index is 15.3. The van der Waals surface area contributed by atoms with Gasteiger partial charge in [0.2, 0.25) is 11.8 Å². The van der Waals surface area contributed by atoms with Crippen molar-refractivity contribution in [3.63, 3.8) is 0 Å². The SMILES string of the molecule is O=C1CCC(N2C(=O)c3ccc(C4CCC(OC5CCN(C[C@H]6C[C@H](Oc7ncc(-c8ccc9c%10cnccc%10n(C(F)F)c9c8)cc7F)C6)CC5)CC4)cc3C2=O)C(=O)N1. The van der Waals surface area contributed by atoms with E-state index in [9.17, 15) is 28.0 Å². The summed E-state index contributed by atoms with van der Waals surface area (Å²) in [5.41, 5.74) is 3.41. The van der Waals surface area contributed by atoms with Crippen LogP contribution in [0.25, 0.3) is 32.9 Å². The number of hydrogen-bond donors (Lipinski definition) is 1. The van der Waals surface area contributed by atoms with E-state index in [4.69, 9.17) is 9.47 Å². The summed E-state index contributed by atoms with van der Waals surface area (Å²) in [7, 11) is 0. The van der Waals surface area contributed by atoms with Gasteiger partial charge in [-0.1, -0.05) is 18.2 Å². The van der Waals surface area contributed by atoms with Crippen LogP contribution in [0.3, 0.4) is 0 Å². The van der Waals surface area contributed by atoms with Crippen molar-refractivity contribution >= 4 is 45.4 Å². The van der Waals surface area contributed by atoms with Crippen molar-refractivity contribution in [1.82, 2.24) is 29.7 Å². The van der Waals surface area contributed by atoms with Crippen LogP contribution in [-0.4, -0.2) is 92.0 Å². The first-order valence-electron chi connectivity index (χ1n) is 21.3. The number of hydrogen-bond acceptors (Lipinski definition) is 9. The van der Waals surface area contributed by atoms with Gasteiger partial charge in [-0.3, -0.25) is 38.9 Å². The largest absolute Gasteiger partial charge is 0.472 e. The Bertz CT molecular complexity index is 2560. The molecule has 15 heteroatoms. The van der Waals surface area contributed by atoms with Crippen molar-refractivity contribution in [3.05, 3.63) is 89.6 Å². The summed E-state index contributed by atoms with van der Waals surface area (Å²) >= 11 is 0. The second-order valence-electron chi connectivity index (χ2n) is 17.2. The number of carbonyl (C=O) groups excluding carboxylic acids is 4. The Labute approximate surface area is 349 Å². The van der Waals surface area contributed by atoms with Gasteiger partial charge in [0, 0.05) is 61.0 Å². The van der Waals surface area contributed by atoms with E-state index in [1.807, 2.05) is 12.1 Å². The normalized spacial score (nSPS) is 25.0. The minimum atomic E-state index is -2.75. The average Bonchev–Trinajstić information content (AvgIpc) is 3.71. The van der Waals surface area contributed by atoms with Crippen molar-refractivity contribution in [2.45, 2.75) is 101 Å². The number of alkyl halides is 2. The Kier molecular flexibility index (Phi) is 10.3. The molecule has 0 bridgehead atoms. The Morgan fingerprint density at radius 2 is 1.54 bits per heavy atom. The molecule has 0 radical (unpaired) electrons. The lowest BCUT2D eigenvalue weighted by atomic mass is 9.81. The standard InChI is InChI=1S/C46H45F3N6O6/c47-37-20-29(28-3-7-33-36-23-50-14-11-38(36)54(46(48)49)40(33)21-28)22-51-43(37)61-32-17-25(18-32)24-53-15-12-31(13-16-53)60-30-5-1-26(2-6-30)27-4-8-34-35(19-27)45(59)55(44(34)58)39-9-10-41(56)52-42(39)57/h3-4,7-8,11,14,19-23,25-26,30-32,39,46H,1-2,5-6,9-10,12-13,15-18,24H2,(H,52,56,57)/t25-,26?,30?,32-,39?. The molecule has 1 atom stereocenters. The quantitative estimate of drug-likeness (QED) is 0.142. The molecule has 5 aliphatic rings. The van der Waals surface area contributed by atoms with E-state index in [1.165, 1.54) is 18.5 Å². The number of nitrogens with one attached hydrogen (secondary N) is 1. The molecule has 4 fully saturated rings. The minimum absolute atomic E-state index is 0.0507. The molecule has 2 aromatic carbocycles. The number of carbonyl (C=O) groups is 4. The number of pyridine rings is 2. The molecule has 10 rings (SSSR count). The van der Waals surface area contributed by atoms with Crippen molar-refractivity contribution < 1.29 is 41.8 Å². The van der Waals surface area contributed by atoms with Crippen LogP contribution in [0.15, 0.2) is 67.1 Å². The fourth-order valence-corrected chi connectivity index (χ4v) is 10.2. The fourth-order valence-electron chi connectivity index (χ4n) is 10.2. The van der Waals surface area contributed by atoms with Gasteiger partial charge in [-0.05, 0) is 111 Å². The zero-order chi connectivity index (χ0) is 41.9. The van der Waals surface area contributed by atoms with Crippen LogP contribution < -0.4 is 10.1 Å². The van der Waals surface area contributed by atoms with Gasteiger partial charge < -0.3 is 14.4 Å². The average molecular weight is 835 g/mol. The zero-order valence-corrected chi connectivity index (χ0v) is 33.4. The van der Waals surface area contributed by atoms with Crippen molar-refractivity contribution in [2.24, 2.45) is 5.92 Å². The molecule has 5 aromatic rings. The lowest BCUT2D eigenvalue weighted by Gasteiger charge is -2.41. The van der Waals surface area contributed by atoms with Crippen LogP contribution in [0.2, 0.25) is 0 Å². The highest BCUT2D eigenvalue weighted by Gasteiger charge is 2.45. The number of halogens is 3. The first kappa shape index (κ1) is 39.5. The molecule has 4 amide bonds. The first-order valence-corrected chi connectivity index (χ1v) is 21.3. The third-order valence-electron chi connectivity index (χ3n) is 13.5. The molecule has 0 spiro atoms. The second kappa shape index (κ2) is 16.0. The predicted octanol–water partition coefficient (Wildman–Crippen LogP) is 7.55. The van der Waals surface area contributed by atoms with Gasteiger partial charge in [0.15, 0.2) is 5.82 Å². The van der Waals surface area contributed by atoms with Crippen molar-refractivity contribution in [3.8, 4) is 17.0 Å². The number of aromatic nitrogens is 3. The molecule has 316 valence electrons. The number of ether oxygens (including phenoxy) is 2. The Hall–Kier alpha value is -5.67. The van der Waals surface area contributed by atoms with E-state index >= 15 is 4.39 Å². The zero-order valence-electron chi connectivity index (χ0n) is 33.4. The summed E-state index contributed by atoms with van der Waals surface area (Å²) in [4.78, 5) is 62.4. The van der Waals surface area contributed by atoms with Gasteiger partial charge in [0.05, 0.1) is 34.4 Å². The molecule has 12 nitrogen and oxygen atoms in total. The van der Waals surface area contributed by atoms with Crippen LogP contribution in [0, 0.1) is 11.7 Å². The molecule has 6 heterocycles. The number of rotatable bonds is 10. The van der Waals surface area contributed by atoms with E-state index in [2.05, 4.69) is 20.2 Å². The van der Waals surface area contributed by atoms with E-state index in [0.717, 1.165) is 86.0 Å². The summed E-state index contributed by atoms with van der Waals surface area (Å²) in [6.07, 6.45) is 12.3. The number of imide groups is 2. The summed E-state index contributed by atoms with van der Waals surface area (Å²) in [6.45, 7) is 0.122. The molecule has 1 N–H and O–H groups in total. The minimum Gasteiger partial charge on any atom is -0.472 e. The Morgan fingerprint density at radius 3 is 2.30 bits per heavy atom. The van der Waals surface area contributed by atoms with E-state index in [1.54, 1.807) is 36.5 Å². The topological polar surface area (TPSA) is 136 Å². The maximum Gasteiger partial charge on any atom is 0.319 e. The number of amides is 4. The molecular formula is C46H45F3N6O6. The predicted molar refractivity (Wildman–Crippen MR) is 217 cm³/mol. The van der Waals surface area contributed by atoms with Gasteiger partial charge in [-0.15, -0.1) is 0 Å². The lowest BCUT2D eigenvalue weighted by Crippen LogP contribution is -2.54. The third kappa shape index (κ3) is 7.45. The molecule has 1 unspecified atom stereocenters. The molecule has 2 saturated carbocycles. The van der Waals surface area contributed by atoms with Gasteiger partial charge >= 0.3 is 6.55 Å². The van der Waals surface area contributed by atoms with Crippen LogP contribution >= 0.6 is 0 Å². The monoisotopic (exact) mass is 834 g/mol. The molecular weight excluding hydrogens is 790 g/mol. The summed E-state index contributed by atoms with van der Waals surface area (Å²) in [5, 5.41) is 3.51.